The summed E-state index contributed by atoms with van der Waals surface area (Å²) < 4.78 is 67.1. The lowest BCUT2D eigenvalue weighted by molar-refractivity contribution is -0.140. The van der Waals surface area contributed by atoms with E-state index in [9.17, 15) is 17.6 Å². The maximum absolute atomic E-state index is 15.1. The van der Waals surface area contributed by atoms with Crippen LogP contribution in [0, 0.1) is 11.6 Å². The quantitative estimate of drug-likeness (QED) is 0.240. The fraction of sp³-hybridized carbons (Fsp3) is 0.241. The molecule has 0 saturated heterocycles. The monoisotopic (exact) mass is 468 g/mol. The molecule has 0 unspecified atom stereocenters. The van der Waals surface area contributed by atoms with Gasteiger partial charge in [0, 0.05) is 5.39 Å². The Morgan fingerprint density at radius 1 is 0.618 bits per heavy atom. The maximum atomic E-state index is 15.1. The summed E-state index contributed by atoms with van der Waals surface area (Å²) in [6.07, 6.45) is -1.45. The van der Waals surface area contributed by atoms with Crippen LogP contribution in [0.3, 0.4) is 0 Å². The van der Waals surface area contributed by atoms with Crippen LogP contribution in [0.4, 0.5) is 22.0 Å². The second kappa shape index (κ2) is 9.96. The van der Waals surface area contributed by atoms with Crippen molar-refractivity contribution in [2.45, 2.75) is 45.2 Å². The molecule has 34 heavy (non-hydrogen) atoms. The molecule has 4 aromatic carbocycles. The first-order valence-corrected chi connectivity index (χ1v) is 11.4. The predicted molar refractivity (Wildman–Crippen MR) is 126 cm³/mol. The van der Waals surface area contributed by atoms with E-state index >= 15 is 4.39 Å². The molecule has 0 aliphatic rings. The summed E-state index contributed by atoms with van der Waals surface area (Å²) in [5.41, 5.74) is 3.26. The van der Waals surface area contributed by atoms with Gasteiger partial charge in [0.15, 0.2) is 0 Å². The highest BCUT2D eigenvalue weighted by atomic mass is 19.4. The summed E-state index contributed by atoms with van der Waals surface area (Å²) in [6.45, 7) is 2.13. The minimum atomic E-state index is -4.73. The maximum Gasteiger partial charge on any atom is 0.419 e. The summed E-state index contributed by atoms with van der Waals surface area (Å²) >= 11 is 0. The molecule has 0 saturated carbocycles. The van der Waals surface area contributed by atoms with Gasteiger partial charge in [-0.1, -0.05) is 67.6 Å². The van der Waals surface area contributed by atoms with E-state index in [1.54, 1.807) is 12.1 Å². The van der Waals surface area contributed by atoms with E-state index in [-0.39, 0.29) is 18.7 Å². The Morgan fingerprint density at radius 3 is 1.88 bits per heavy atom. The van der Waals surface area contributed by atoms with Crippen LogP contribution < -0.4 is 0 Å². The molecule has 0 atom stereocenters. The Balaban J connectivity index is 1.44. The van der Waals surface area contributed by atoms with Gasteiger partial charge in [0.1, 0.15) is 11.6 Å². The van der Waals surface area contributed by atoms with Gasteiger partial charge < -0.3 is 0 Å². The minimum Gasteiger partial charge on any atom is -0.206 e. The van der Waals surface area contributed by atoms with Crippen LogP contribution in [-0.2, 0) is 38.3 Å². The first-order chi connectivity index (χ1) is 16.2. The van der Waals surface area contributed by atoms with Gasteiger partial charge in [0.25, 0.3) is 0 Å². The first kappa shape index (κ1) is 23.9. The van der Waals surface area contributed by atoms with E-state index in [0.29, 0.717) is 16.5 Å². The summed E-state index contributed by atoms with van der Waals surface area (Å²) in [6, 6.07) is 20.7. The molecule has 0 radical (unpaired) electrons. The molecule has 0 amide bonds. The van der Waals surface area contributed by atoms with Crippen molar-refractivity contribution in [1.29, 1.82) is 0 Å². The number of benzene rings is 4. The predicted octanol–water partition coefficient (Wildman–Crippen LogP) is 8.27. The highest BCUT2D eigenvalue weighted by molar-refractivity contribution is 5.84. The van der Waals surface area contributed by atoms with Crippen molar-refractivity contribution in [1.82, 2.24) is 0 Å². The standard InChI is InChI=1S/C29H25F5/c1-2-19-3-5-20(6-4-19)7-8-21-10-15-25-24(17-21)14-13-23(28(25)31)12-9-22-11-16-26(27(30)18-22)29(32,33)34/h3-6,10-11,13-18H,2,7-9,12H2,1H3. The Kier molecular flexibility index (Phi) is 7.01. The van der Waals surface area contributed by atoms with Gasteiger partial charge in [-0.05, 0) is 77.4 Å². The summed E-state index contributed by atoms with van der Waals surface area (Å²) in [5, 5.41) is 1.31. The van der Waals surface area contributed by atoms with Gasteiger partial charge in [0.05, 0.1) is 5.56 Å². The number of hydrogen-bond donors (Lipinski definition) is 0. The number of alkyl halides is 3. The van der Waals surface area contributed by atoms with Crippen molar-refractivity contribution in [2.75, 3.05) is 0 Å². The van der Waals surface area contributed by atoms with Gasteiger partial charge in [0.2, 0.25) is 0 Å². The molecule has 0 fully saturated rings. The lowest BCUT2D eigenvalue weighted by Gasteiger charge is -2.11. The van der Waals surface area contributed by atoms with Crippen LogP contribution in [-0.4, -0.2) is 0 Å². The van der Waals surface area contributed by atoms with Crippen LogP contribution >= 0.6 is 0 Å². The highest BCUT2D eigenvalue weighted by Gasteiger charge is 2.33. The number of hydrogen-bond acceptors (Lipinski definition) is 0. The molecule has 0 aliphatic carbocycles. The molecule has 0 aromatic heterocycles. The SMILES string of the molecule is CCc1ccc(CCc2ccc3c(F)c(CCc4ccc(C(F)(F)F)c(F)c4)ccc3c2)cc1. The van der Waals surface area contributed by atoms with Crippen molar-refractivity contribution in [3.8, 4) is 0 Å². The molecule has 0 N–H and O–H groups in total. The van der Waals surface area contributed by atoms with E-state index < -0.39 is 17.6 Å². The molecule has 4 aromatic rings. The van der Waals surface area contributed by atoms with Gasteiger partial charge >= 0.3 is 6.18 Å². The third kappa shape index (κ3) is 5.46. The first-order valence-electron chi connectivity index (χ1n) is 11.4. The number of fused-ring (bicyclic) bond motifs is 1. The molecular weight excluding hydrogens is 443 g/mol. The van der Waals surface area contributed by atoms with Crippen molar-refractivity contribution < 1.29 is 22.0 Å². The molecule has 0 aliphatic heterocycles. The Bertz CT molecular complexity index is 1290. The molecule has 5 heteroatoms. The molecule has 0 heterocycles. The van der Waals surface area contributed by atoms with Crippen molar-refractivity contribution in [2.24, 2.45) is 0 Å². The summed E-state index contributed by atoms with van der Waals surface area (Å²) in [5.74, 6) is -1.65. The third-order valence-corrected chi connectivity index (χ3v) is 6.25. The number of aryl methyl sites for hydroxylation is 5. The molecule has 4 rings (SSSR count). The van der Waals surface area contributed by atoms with Crippen LogP contribution in [0.2, 0.25) is 0 Å². The Hall–Kier alpha value is -3.21. The van der Waals surface area contributed by atoms with Crippen LogP contribution in [0.25, 0.3) is 10.8 Å². The highest BCUT2D eigenvalue weighted by Crippen LogP contribution is 2.32. The zero-order valence-electron chi connectivity index (χ0n) is 18.9. The van der Waals surface area contributed by atoms with E-state index in [1.807, 2.05) is 18.2 Å². The van der Waals surface area contributed by atoms with Crippen LogP contribution in [0.1, 0.15) is 40.3 Å². The molecule has 0 spiro atoms. The third-order valence-electron chi connectivity index (χ3n) is 6.25. The number of rotatable bonds is 7. The lowest BCUT2D eigenvalue weighted by Crippen LogP contribution is -2.08. The normalized spacial score (nSPS) is 11.8. The zero-order valence-corrected chi connectivity index (χ0v) is 18.9. The van der Waals surface area contributed by atoms with E-state index in [1.165, 1.54) is 17.2 Å². The topological polar surface area (TPSA) is 0 Å². The van der Waals surface area contributed by atoms with Gasteiger partial charge in [-0.3, -0.25) is 0 Å². The Morgan fingerprint density at radius 2 is 1.21 bits per heavy atom. The summed E-state index contributed by atoms with van der Waals surface area (Å²) in [7, 11) is 0. The molecule has 0 bridgehead atoms. The van der Waals surface area contributed by atoms with Crippen LogP contribution in [0.5, 0.6) is 0 Å². The fourth-order valence-electron chi connectivity index (χ4n) is 4.19. The van der Waals surface area contributed by atoms with Crippen LogP contribution in [0.15, 0.2) is 72.8 Å². The van der Waals surface area contributed by atoms with Crippen molar-refractivity contribution in [3.63, 3.8) is 0 Å². The second-order valence-electron chi connectivity index (χ2n) is 8.58. The largest absolute Gasteiger partial charge is 0.419 e. The molecular formula is C29H25F5. The Labute approximate surface area is 196 Å². The minimum absolute atomic E-state index is 0.242. The lowest BCUT2D eigenvalue weighted by atomic mass is 9.97. The van der Waals surface area contributed by atoms with Crippen molar-refractivity contribution in [3.05, 3.63) is 118 Å². The number of halogens is 5. The van der Waals surface area contributed by atoms with E-state index in [4.69, 9.17) is 0 Å². The molecule has 0 nitrogen and oxygen atoms in total. The summed E-state index contributed by atoms with van der Waals surface area (Å²) in [4.78, 5) is 0. The average Bonchev–Trinajstić information content (AvgIpc) is 2.82. The van der Waals surface area contributed by atoms with Gasteiger partial charge in [-0.25, -0.2) is 8.78 Å². The van der Waals surface area contributed by atoms with E-state index in [2.05, 4.69) is 31.2 Å². The van der Waals surface area contributed by atoms with Gasteiger partial charge in [-0.15, -0.1) is 0 Å². The fourth-order valence-corrected chi connectivity index (χ4v) is 4.19. The van der Waals surface area contributed by atoms with Crippen molar-refractivity contribution >= 4 is 10.8 Å². The zero-order chi connectivity index (χ0) is 24.3. The van der Waals surface area contributed by atoms with E-state index in [0.717, 1.165) is 42.3 Å². The average molecular weight is 469 g/mol. The smallest absolute Gasteiger partial charge is 0.206 e. The molecule has 176 valence electrons. The van der Waals surface area contributed by atoms with Gasteiger partial charge in [-0.2, -0.15) is 13.2 Å². The second-order valence-corrected chi connectivity index (χ2v) is 8.58.